The van der Waals surface area contributed by atoms with Crippen molar-refractivity contribution in [1.29, 1.82) is 0 Å². The molecule has 1 aromatic carbocycles. The number of amides is 3. The number of anilines is 1. The van der Waals surface area contributed by atoms with Gasteiger partial charge in [0.25, 0.3) is 5.91 Å². The summed E-state index contributed by atoms with van der Waals surface area (Å²) in [5, 5.41) is 12.2. The Balaban J connectivity index is 1.46. The zero-order valence-corrected chi connectivity index (χ0v) is 22.4. The van der Waals surface area contributed by atoms with E-state index in [9.17, 15) is 24.0 Å². The van der Waals surface area contributed by atoms with Gasteiger partial charge in [-0.25, -0.2) is 19.5 Å². The van der Waals surface area contributed by atoms with Crippen LogP contribution in [0.5, 0.6) is 0 Å². The van der Waals surface area contributed by atoms with Crippen LogP contribution in [0.15, 0.2) is 51.7 Å². The average Bonchev–Trinajstić information content (AvgIpc) is 3.69. The molecule has 2 N–H and O–H groups in total. The average molecular weight is 551 g/mol. The van der Waals surface area contributed by atoms with Crippen LogP contribution in [0.3, 0.4) is 0 Å². The van der Waals surface area contributed by atoms with Crippen molar-refractivity contribution in [2.45, 2.75) is 39.7 Å². The zero-order valence-electron chi connectivity index (χ0n) is 22.4. The minimum Gasteiger partial charge on any atom is -0.425 e. The third kappa shape index (κ3) is 6.42. The van der Waals surface area contributed by atoms with Crippen molar-refractivity contribution in [3.63, 3.8) is 0 Å². The fraction of sp³-hybridized carbons (Fsp3) is 0.370. The minimum absolute atomic E-state index is 0.0210. The number of ether oxygens (including phenoxy) is 2. The van der Waals surface area contributed by atoms with E-state index in [0.29, 0.717) is 34.6 Å². The molecule has 13 heteroatoms. The van der Waals surface area contributed by atoms with Crippen LogP contribution in [0.1, 0.15) is 42.6 Å². The minimum atomic E-state index is -0.977. The molecule has 40 heavy (non-hydrogen) atoms. The lowest BCUT2D eigenvalue weighted by Gasteiger charge is -2.23. The van der Waals surface area contributed by atoms with Gasteiger partial charge in [0, 0.05) is 29.9 Å². The fourth-order valence-electron chi connectivity index (χ4n) is 4.21. The van der Waals surface area contributed by atoms with E-state index in [1.54, 1.807) is 31.0 Å². The fourth-order valence-corrected chi connectivity index (χ4v) is 4.21. The monoisotopic (exact) mass is 550 g/mol. The molecular weight excluding hydrogens is 520 g/mol. The summed E-state index contributed by atoms with van der Waals surface area (Å²) in [5.74, 6) is -1.79. The number of amidine groups is 1. The van der Waals surface area contributed by atoms with Gasteiger partial charge in [-0.2, -0.15) is 5.10 Å². The highest BCUT2D eigenvalue weighted by Gasteiger charge is 2.40. The molecule has 3 amide bonds. The van der Waals surface area contributed by atoms with E-state index in [0.717, 1.165) is 35.5 Å². The molecule has 2 heterocycles. The first kappa shape index (κ1) is 28.2. The number of aryl methyl sites for hydroxylation is 1. The Hall–Kier alpha value is -4.81. The number of nitrogens with zero attached hydrogens (tertiary/aromatic N) is 4. The largest absolute Gasteiger partial charge is 0.425 e. The zero-order chi connectivity index (χ0) is 28.8. The maximum absolute atomic E-state index is 13.4. The second-order valence-corrected chi connectivity index (χ2v) is 9.35. The lowest BCUT2D eigenvalue weighted by Crippen LogP contribution is -2.42. The van der Waals surface area contributed by atoms with Gasteiger partial charge in [-0.3, -0.25) is 19.4 Å². The summed E-state index contributed by atoms with van der Waals surface area (Å²) in [6.07, 6.45) is 4.59. The quantitative estimate of drug-likeness (QED) is 0.203. The van der Waals surface area contributed by atoms with E-state index in [2.05, 4.69) is 25.5 Å². The predicted molar refractivity (Wildman–Crippen MR) is 144 cm³/mol. The van der Waals surface area contributed by atoms with Crippen molar-refractivity contribution in [2.24, 2.45) is 16.0 Å². The lowest BCUT2D eigenvalue weighted by atomic mass is 10.0. The number of nitrogens with one attached hydrogen (secondary N) is 2. The summed E-state index contributed by atoms with van der Waals surface area (Å²) in [6, 6.07) is 5.61. The van der Waals surface area contributed by atoms with Gasteiger partial charge >= 0.3 is 12.1 Å². The van der Waals surface area contributed by atoms with Gasteiger partial charge in [-0.15, -0.1) is 0 Å². The molecule has 1 aromatic rings. The molecule has 13 nitrogen and oxygen atoms in total. The molecule has 2 aliphatic heterocycles. The molecule has 0 radical (unpaired) electrons. The number of fused-ring (bicyclic) bond motifs is 1. The Morgan fingerprint density at radius 2 is 1.95 bits per heavy atom. The Labute approximate surface area is 230 Å². The van der Waals surface area contributed by atoms with Crippen molar-refractivity contribution >= 4 is 48.0 Å². The Kier molecular flexibility index (Phi) is 8.72. The number of carbonyl (C=O) groups is 5. The van der Waals surface area contributed by atoms with Crippen LogP contribution in [-0.2, 0) is 23.9 Å². The summed E-state index contributed by atoms with van der Waals surface area (Å²) in [5.41, 5.74) is 3.34. The van der Waals surface area contributed by atoms with Gasteiger partial charge in [-0.05, 0) is 63.0 Å². The molecule has 0 saturated heterocycles. The first-order chi connectivity index (χ1) is 19.2. The number of rotatable bonds is 9. The van der Waals surface area contributed by atoms with Gasteiger partial charge in [0.1, 0.15) is 18.3 Å². The molecule has 1 aliphatic carbocycles. The van der Waals surface area contributed by atoms with Crippen LogP contribution in [0.2, 0.25) is 0 Å². The number of hydrogen-bond acceptors (Lipinski definition) is 11. The van der Waals surface area contributed by atoms with Gasteiger partial charge in [-0.1, -0.05) is 6.07 Å². The second-order valence-electron chi connectivity index (χ2n) is 9.35. The molecular formula is C27H30N6O7. The van der Waals surface area contributed by atoms with Crippen molar-refractivity contribution < 1.29 is 33.4 Å². The van der Waals surface area contributed by atoms with Gasteiger partial charge in [0.2, 0.25) is 12.7 Å². The predicted octanol–water partition coefficient (Wildman–Crippen LogP) is 2.10. The number of hydrogen-bond donors (Lipinski definition) is 2. The summed E-state index contributed by atoms with van der Waals surface area (Å²) in [7, 11) is 0. The van der Waals surface area contributed by atoms with Crippen molar-refractivity contribution in [3.05, 3.63) is 52.7 Å². The van der Waals surface area contributed by atoms with Crippen molar-refractivity contribution in [1.82, 2.24) is 15.2 Å². The molecule has 1 fully saturated rings. The third-order valence-corrected chi connectivity index (χ3v) is 6.57. The number of esters is 1. The van der Waals surface area contributed by atoms with E-state index < -0.39 is 30.7 Å². The first-order valence-corrected chi connectivity index (χ1v) is 12.8. The molecule has 1 unspecified atom stereocenters. The number of aliphatic imine (C=N–C) groups is 1. The van der Waals surface area contributed by atoms with E-state index in [4.69, 9.17) is 4.74 Å². The standard InChI is InChI=1S/C27H30N6O7/c1-4-32(27(38)40-15-39-22(35)6-5-11-34)26(37)20-13-33-23(17(20)3)24(28-14-29-33)31-21-12-18(8-7-16(21)2)25(36)30-19-9-10-19/h5-8,11-12,14,19-20H,4,9-10,13,15H2,1-3H3,(H,30,36)(H,28,29,31)/b6-5+. The van der Waals surface area contributed by atoms with E-state index in [-0.39, 0.29) is 25.0 Å². The number of hydrazone groups is 1. The highest BCUT2D eigenvalue weighted by molar-refractivity contribution is 6.13. The molecule has 4 rings (SSSR count). The van der Waals surface area contributed by atoms with Crippen molar-refractivity contribution in [3.8, 4) is 0 Å². The van der Waals surface area contributed by atoms with Gasteiger partial charge < -0.3 is 20.1 Å². The van der Waals surface area contributed by atoms with Crippen LogP contribution in [0.4, 0.5) is 10.5 Å². The van der Waals surface area contributed by atoms with Crippen LogP contribution in [0, 0.1) is 12.8 Å². The van der Waals surface area contributed by atoms with Gasteiger partial charge in [0.05, 0.1) is 12.5 Å². The van der Waals surface area contributed by atoms with Gasteiger partial charge in [0.15, 0.2) is 5.84 Å². The number of imide groups is 1. The third-order valence-electron chi connectivity index (χ3n) is 6.57. The summed E-state index contributed by atoms with van der Waals surface area (Å²) < 4.78 is 9.61. The molecule has 1 saturated carbocycles. The molecule has 3 aliphatic rings. The highest BCUT2D eigenvalue weighted by Crippen LogP contribution is 2.33. The molecule has 0 aromatic heterocycles. The normalized spacial score (nSPS) is 17.7. The van der Waals surface area contributed by atoms with Crippen LogP contribution >= 0.6 is 0 Å². The topological polar surface area (TPSA) is 159 Å². The summed E-state index contributed by atoms with van der Waals surface area (Å²) in [4.78, 5) is 65.5. The Morgan fingerprint density at radius 3 is 2.65 bits per heavy atom. The first-order valence-electron chi connectivity index (χ1n) is 12.8. The number of carbonyl (C=O) groups excluding carboxylic acids is 5. The van der Waals surface area contributed by atoms with E-state index in [1.807, 2.05) is 13.0 Å². The lowest BCUT2D eigenvalue weighted by molar-refractivity contribution is -0.147. The van der Waals surface area contributed by atoms with Crippen LogP contribution in [0.25, 0.3) is 0 Å². The number of benzene rings is 1. The highest BCUT2D eigenvalue weighted by atomic mass is 16.7. The van der Waals surface area contributed by atoms with Crippen LogP contribution in [-0.4, -0.2) is 78.2 Å². The SMILES string of the molecule is CCN(C(=O)OCOC(=O)/C=C/C=O)C(=O)C1CN2N=CN=C(Nc3cc(C(=O)NC4CC4)ccc3C)C2=C1C. The molecule has 0 spiro atoms. The Morgan fingerprint density at radius 1 is 1.18 bits per heavy atom. The summed E-state index contributed by atoms with van der Waals surface area (Å²) >= 11 is 0. The second kappa shape index (κ2) is 12.4. The maximum atomic E-state index is 13.4. The van der Waals surface area contributed by atoms with Crippen LogP contribution < -0.4 is 10.6 Å². The number of aldehydes is 1. The molecule has 0 bridgehead atoms. The number of allylic oxidation sites excluding steroid dienone is 1. The smallest absolute Gasteiger partial charge is 0.419 e. The van der Waals surface area contributed by atoms with E-state index >= 15 is 0 Å². The van der Waals surface area contributed by atoms with Crippen molar-refractivity contribution in [2.75, 3.05) is 25.2 Å². The molecule has 1 atom stereocenters. The Bertz CT molecular complexity index is 1340. The summed E-state index contributed by atoms with van der Waals surface area (Å²) in [6.45, 7) is 4.77. The molecule has 210 valence electrons. The maximum Gasteiger partial charge on any atom is 0.419 e. The van der Waals surface area contributed by atoms with E-state index in [1.165, 1.54) is 6.34 Å².